The van der Waals surface area contributed by atoms with Crippen LogP contribution >= 0.6 is 0 Å². The third-order valence-corrected chi connectivity index (χ3v) is 1.05. The molecule has 0 aromatic rings. The number of hydrogen-bond acceptors (Lipinski definition) is 0. The Morgan fingerprint density at radius 2 is 2.00 bits per heavy atom. The van der Waals surface area contributed by atoms with Gasteiger partial charge in [-0.05, 0) is 26.3 Å². The van der Waals surface area contributed by atoms with E-state index in [-0.39, 0.29) is 0 Å². The molecule has 0 atom stereocenters. The van der Waals surface area contributed by atoms with E-state index in [1.165, 1.54) is 0 Å². The molecule has 0 aliphatic carbocycles. The Morgan fingerprint density at radius 3 is 2.45 bits per heavy atom. The maximum atomic E-state index is 3.75. The second kappa shape index (κ2) is 5.56. The fourth-order valence-corrected chi connectivity index (χ4v) is 0.596. The van der Waals surface area contributed by atoms with Gasteiger partial charge in [-0.25, -0.2) is 0 Å². The van der Waals surface area contributed by atoms with Gasteiger partial charge in [-0.3, -0.25) is 0 Å². The molecule has 0 rings (SSSR count). The average molecular weight is 146 g/mol. The molecule has 0 saturated heterocycles. The highest BCUT2D eigenvalue weighted by atomic mass is 13.8. The lowest BCUT2D eigenvalue weighted by atomic mass is 10.2. The van der Waals surface area contributed by atoms with E-state index in [1.807, 2.05) is 39.0 Å². The Hall–Kier alpha value is -1.22. The molecule has 0 aliphatic heterocycles. The van der Waals surface area contributed by atoms with Gasteiger partial charge in [0, 0.05) is 0 Å². The summed E-state index contributed by atoms with van der Waals surface area (Å²) < 4.78 is 0. The molecule has 0 nitrogen and oxygen atoms in total. The van der Waals surface area contributed by atoms with Gasteiger partial charge in [0.05, 0.1) is 0 Å². The first kappa shape index (κ1) is 9.78. The lowest BCUT2D eigenvalue weighted by molar-refractivity contribution is 1.53. The molecule has 0 heterocycles. The van der Waals surface area contributed by atoms with Crippen LogP contribution in [0.2, 0.25) is 0 Å². The minimum atomic E-state index is 1.05. The van der Waals surface area contributed by atoms with Gasteiger partial charge < -0.3 is 0 Å². The zero-order chi connectivity index (χ0) is 8.69. The molecule has 58 valence electrons. The zero-order valence-electron chi connectivity index (χ0n) is 7.44. The maximum Gasteiger partial charge on any atom is -0.00109 e. The maximum absolute atomic E-state index is 3.75. The van der Waals surface area contributed by atoms with E-state index in [1.54, 1.807) is 0 Å². The minimum absolute atomic E-state index is 1.05. The predicted molar refractivity (Wildman–Crippen MR) is 51.2 cm³/mol. The van der Waals surface area contributed by atoms with Crippen LogP contribution in [-0.2, 0) is 0 Å². The normalized spacial score (nSPS) is 11.0. The van der Waals surface area contributed by atoms with Gasteiger partial charge in [0.2, 0.25) is 0 Å². The second-order valence-electron chi connectivity index (χ2n) is 2.43. The van der Waals surface area contributed by atoms with Gasteiger partial charge in [-0.2, -0.15) is 0 Å². The first-order valence-electron chi connectivity index (χ1n) is 3.60. The average Bonchev–Trinajstić information content (AvgIpc) is 1.87. The number of hydrogen-bond donors (Lipinski definition) is 0. The molecule has 0 N–H and O–H groups in total. The van der Waals surface area contributed by atoms with E-state index in [9.17, 15) is 0 Å². The molecule has 0 aliphatic rings. The van der Waals surface area contributed by atoms with E-state index < -0.39 is 0 Å². The van der Waals surface area contributed by atoms with Crippen molar-refractivity contribution >= 4 is 0 Å². The van der Waals surface area contributed by atoms with E-state index in [0.29, 0.717) is 0 Å². The molecule has 0 radical (unpaired) electrons. The highest BCUT2D eigenvalue weighted by molar-refractivity contribution is 5.30. The predicted octanol–water partition coefficient (Wildman–Crippen LogP) is 3.09. The number of allylic oxidation sites excluding steroid dienone is 5. The SMILES string of the molecule is C=C(C)/C=C/C=C(/C)C#CC. The van der Waals surface area contributed by atoms with Crippen molar-refractivity contribution < 1.29 is 0 Å². The summed E-state index contributed by atoms with van der Waals surface area (Å²) in [6, 6.07) is 0. The summed E-state index contributed by atoms with van der Waals surface area (Å²) in [4.78, 5) is 0. The van der Waals surface area contributed by atoms with Gasteiger partial charge in [0.1, 0.15) is 0 Å². The first-order valence-corrected chi connectivity index (χ1v) is 3.60. The van der Waals surface area contributed by atoms with Gasteiger partial charge >= 0.3 is 0 Å². The van der Waals surface area contributed by atoms with Crippen LogP contribution < -0.4 is 0 Å². The Balaban J connectivity index is 4.08. The standard InChI is InChI=1S/C11H14/c1-5-7-11(4)9-6-8-10(2)3/h6,8-9H,2H2,1,3-4H3/b8-6+,11-9-. The quantitative estimate of drug-likeness (QED) is 0.415. The van der Waals surface area contributed by atoms with Crippen molar-refractivity contribution in [1.29, 1.82) is 0 Å². The molecule has 11 heavy (non-hydrogen) atoms. The van der Waals surface area contributed by atoms with Crippen molar-refractivity contribution in [3.05, 3.63) is 36.0 Å². The number of rotatable bonds is 2. The Kier molecular flexibility index (Phi) is 4.94. The third-order valence-electron chi connectivity index (χ3n) is 1.05. The molecule has 0 fully saturated rings. The van der Waals surface area contributed by atoms with Crippen LogP contribution in [0.3, 0.4) is 0 Å². The van der Waals surface area contributed by atoms with Gasteiger partial charge in [0.15, 0.2) is 0 Å². The highest BCUT2D eigenvalue weighted by Gasteiger charge is 1.75. The van der Waals surface area contributed by atoms with Gasteiger partial charge in [0.25, 0.3) is 0 Å². The molecule has 0 amide bonds. The van der Waals surface area contributed by atoms with Crippen LogP contribution in [0.4, 0.5) is 0 Å². The summed E-state index contributed by atoms with van der Waals surface area (Å²) in [7, 11) is 0. The summed E-state index contributed by atoms with van der Waals surface area (Å²) >= 11 is 0. The van der Waals surface area contributed by atoms with Crippen LogP contribution in [0.25, 0.3) is 0 Å². The van der Waals surface area contributed by atoms with E-state index >= 15 is 0 Å². The molecular weight excluding hydrogens is 132 g/mol. The zero-order valence-corrected chi connectivity index (χ0v) is 7.44. The summed E-state index contributed by atoms with van der Waals surface area (Å²) in [5.74, 6) is 5.78. The molecule has 0 unspecified atom stereocenters. The molecule has 0 saturated carbocycles. The van der Waals surface area contributed by atoms with Crippen molar-refractivity contribution in [2.24, 2.45) is 0 Å². The van der Waals surface area contributed by atoms with E-state index in [2.05, 4.69) is 18.4 Å². The Bertz CT molecular complexity index is 241. The van der Waals surface area contributed by atoms with Crippen LogP contribution in [-0.4, -0.2) is 0 Å². The summed E-state index contributed by atoms with van der Waals surface area (Å²) in [5.41, 5.74) is 2.13. The fourth-order valence-electron chi connectivity index (χ4n) is 0.596. The van der Waals surface area contributed by atoms with Crippen LogP contribution in [0.15, 0.2) is 36.0 Å². The summed E-state index contributed by atoms with van der Waals surface area (Å²) in [6.45, 7) is 9.53. The van der Waals surface area contributed by atoms with E-state index in [0.717, 1.165) is 11.1 Å². The van der Waals surface area contributed by atoms with Crippen LogP contribution in [0.5, 0.6) is 0 Å². The van der Waals surface area contributed by atoms with Gasteiger partial charge in [-0.15, -0.1) is 5.92 Å². The van der Waals surface area contributed by atoms with E-state index in [4.69, 9.17) is 0 Å². The lowest BCUT2D eigenvalue weighted by Crippen LogP contribution is -1.66. The molecule has 0 aromatic carbocycles. The molecular formula is C11H14. The topological polar surface area (TPSA) is 0 Å². The lowest BCUT2D eigenvalue weighted by Gasteiger charge is -1.83. The summed E-state index contributed by atoms with van der Waals surface area (Å²) in [6.07, 6.45) is 5.90. The van der Waals surface area contributed by atoms with Gasteiger partial charge in [-0.1, -0.05) is 36.3 Å². The van der Waals surface area contributed by atoms with Crippen molar-refractivity contribution in [2.75, 3.05) is 0 Å². The monoisotopic (exact) mass is 146 g/mol. The molecule has 0 spiro atoms. The fraction of sp³-hybridized carbons (Fsp3) is 0.273. The second-order valence-corrected chi connectivity index (χ2v) is 2.43. The van der Waals surface area contributed by atoms with Crippen LogP contribution in [0.1, 0.15) is 20.8 Å². The minimum Gasteiger partial charge on any atom is -0.102 e. The Morgan fingerprint density at radius 1 is 1.36 bits per heavy atom. The molecule has 0 heteroatoms. The smallest absolute Gasteiger partial charge is 0.00109 e. The third kappa shape index (κ3) is 6.67. The molecule has 0 bridgehead atoms. The highest BCUT2D eigenvalue weighted by Crippen LogP contribution is 1.93. The molecule has 0 aromatic heterocycles. The Labute approximate surface area is 69.3 Å². The van der Waals surface area contributed by atoms with Crippen molar-refractivity contribution in [2.45, 2.75) is 20.8 Å². The largest absolute Gasteiger partial charge is 0.102 e. The van der Waals surface area contributed by atoms with Crippen molar-refractivity contribution in [3.8, 4) is 11.8 Å². The van der Waals surface area contributed by atoms with Crippen LogP contribution in [0, 0.1) is 11.8 Å². The van der Waals surface area contributed by atoms with Crippen molar-refractivity contribution in [1.82, 2.24) is 0 Å². The van der Waals surface area contributed by atoms with Crippen molar-refractivity contribution in [3.63, 3.8) is 0 Å². The first-order chi connectivity index (χ1) is 5.16. The summed E-state index contributed by atoms with van der Waals surface area (Å²) in [5, 5.41) is 0.